The lowest BCUT2D eigenvalue weighted by Crippen LogP contribution is -2.28. The molecule has 1 atom stereocenters. The van der Waals surface area contributed by atoms with Gasteiger partial charge in [0.2, 0.25) is 0 Å². The smallest absolute Gasteiger partial charge is 0.120 e. The maximum Gasteiger partial charge on any atom is 0.120 e. The Balaban J connectivity index is 2.51. The Morgan fingerprint density at radius 1 is 1.30 bits per heavy atom. The Kier molecular flexibility index (Phi) is 7.31. The van der Waals surface area contributed by atoms with Crippen molar-refractivity contribution in [2.75, 3.05) is 13.6 Å². The highest BCUT2D eigenvalue weighted by atomic mass is 16.3. The second-order valence-corrected chi connectivity index (χ2v) is 6.40. The van der Waals surface area contributed by atoms with Crippen molar-refractivity contribution in [3.05, 3.63) is 23.2 Å². The van der Waals surface area contributed by atoms with Crippen LogP contribution in [0.3, 0.4) is 0 Å². The van der Waals surface area contributed by atoms with E-state index in [1.165, 1.54) is 18.4 Å². The highest BCUT2D eigenvalue weighted by Gasteiger charge is 2.13. The predicted molar refractivity (Wildman–Crippen MR) is 85.8 cm³/mol. The molecule has 0 saturated carbocycles. The Bertz CT molecular complexity index is 384. The minimum absolute atomic E-state index is 0.605. The Morgan fingerprint density at radius 2 is 2.00 bits per heavy atom. The van der Waals surface area contributed by atoms with E-state index in [2.05, 4.69) is 57.9 Å². The van der Waals surface area contributed by atoms with Gasteiger partial charge < -0.3 is 9.73 Å². The lowest BCUT2D eigenvalue weighted by atomic mass is 10.1. The van der Waals surface area contributed by atoms with Gasteiger partial charge in [0.25, 0.3) is 0 Å². The SMILES string of the molecule is CCCC(C)N(C)Cc1cc(C)c(CNCC(C)C)o1. The molecule has 0 amide bonds. The summed E-state index contributed by atoms with van der Waals surface area (Å²) in [5.41, 5.74) is 1.26. The van der Waals surface area contributed by atoms with Gasteiger partial charge >= 0.3 is 0 Å². The van der Waals surface area contributed by atoms with Crippen LogP contribution >= 0.6 is 0 Å². The van der Waals surface area contributed by atoms with Crippen molar-refractivity contribution in [3.8, 4) is 0 Å². The predicted octanol–water partition coefficient (Wildman–Crippen LogP) is 3.95. The van der Waals surface area contributed by atoms with E-state index >= 15 is 0 Å². The van der Waals surface area contributed by atoms with Crippen molar-refractivity contribution in [2.24, 2.45) is 5.92 Å². The molecule has 1 heterocycles. The molecule has 0 aliphatic rings. The summed E-state index contributed by atoms with van der Waals surface area (Å²) in [6.45, 7) is 13.8. The van der Waals surface area contributed by atoms with E-state index in [1.807, 2.05) is 0 Å². The van der Waals surface area contributed by atoms with Crippen LogP contribution in [0.1, 0.15) is 57.6 Å². The van der Waals surface area contributed by atoms with E-state index in [0.717, 1.165) is 31.2 Å². The van der Waals surface area contributed by atoms with Crippen molar-refractivity contribution >= 4 is 0 Å². The van der Waals surface area contributed by atoms with Crippen LogP contribution in [0.25, 0.3) is 0 Å². The van der Waals surface area contributed by atoms with Crippen LogP contribution in [-0.4, -0.2) is 24.5 Å². The largest absolute Gasteiger partial charge is 0.463 e. The van der Waals surface area contributed by atoms with Gasteiger partial charge in [0, 0.05) is 6.04 Å². The summed E-state index contributed by atoms with van der Waals surface area (Å²) in [7, 11) is 2.18. The zero-order valence-corrected chi connectivity index (χ0v) is 14.1. The first kappa shape index (κ1) is 17.3. The van der Waals surface area contributed by atoms with E-state index < -0.39 is 0 Å². The van der Waals surface area contributed by atoms with Gasteiger partial charge in [-0.05, 0) is 51.4 Å². The highest BCUT2D eigenvalue weighted by molar-refractivity contribution is 5.20. The molecule has 20 heavy (non-hydrogen) atoms. The molecule has 0 aliphatic heterocycles. The molecule has 0 aliphatic carbocycles. The first-order valence-electron chi connectivity index (χ1n) is 7.93. The zero-order chi connectivity index (χ0) is 15.1. The molecule has 116 valence electrons. The minimum atomic E-state index is 0.605. The molecule has 1 aromatic rings. The van der Waals surface area contributed by atoms with E-state index in [-0.39, 0.29) is 0 Å². The molecular weight excluding hydrogens is 248 g/mol. The number of nitrogens with one attached hydrogen (secondary N) is 1. The van der Waals surface area contributed by atoms with Gasteiger partial charge in [-0.1, -0.05) is 27.2 Å². The molecule has 0 bridgehead atoms. The Morgan fingerprint density at radius 3 is 2.60 bits per heavy atom. The monoisotopic (exact) mass is 280 g/mol. The van der Waals surface area contributed by atoms with Crippen molar-refractivity contribution in [3.63, 3.8) is 0 Å². The number of hydrogen-bond acceptors (Lipinski definition) is 3. The standard InChI is InChI=1S/C17H32N2O/c1-7-8-15(5)19(6)12-16-9-14(4)17(20-16)11-18-10-13(2)3/h9,13,15,18H,7-8,10-12H2,1-6H3. The molecule has 1 aromatic heterocycles. The molecule has 1 N–H and O–H groups in total. The van der Waals surface area contributed by atoms with E-state index in [0.29, 0.717) is 12.0 Å². The van der Waals surface area contributed by atoms with Crippen LogP contribution in [0.4, 0.5) is 0 Å². The topological polar surface area (TPSA) is 28.4 Å². The molecule has 0 spiro atoms. The maximum atomic E-state index is 5.99. The second kappa shape index (κ2) is 8.48. The summed E-state index contributed by atoms with van der Waals surface area (Å²) in [4.78, 5) is 2.37. The second-order valence-electron chi connectivity index (χ2n) is 6.40. The molecular formula is C17H32N2O. The molecule has 1 unspecified atom stereocenters. The van der Waals surface area contributed by atoms with Crippen LogP contribution in [0.2, 0.25) is 0 Å². The van der Waals surface area contributed by atoms with Crippen LogP contribution in [-0.2, 0) is 13.1 Å². The summed E-state index contributed by atoms with van der Waals surface area (Å²) < 4.78 is 5.99. The molecule has 0 saturated heterocycles. The van der Waals surface area contributed by atoms with Crippen molar-refractivity contribution in [1.29, 1.82) is 0 Å². The van der Waals surface area contributed by atoms with Gasteiger partial charge in [-0.25, -0.2) is 0 Å². The van der Waals surface area contributed by atoms with Gasteiger partial charge in [0.05, 0.1) is 13.1 Å². The fraction of sp³-hybridized carbons (Fsp3) is 0.765. The average molecular weight is 280 g/mol. The van der Waals surface area contributed by atoms with Crippen molar-refractivity contribution in [2.45, 2.75) is 66.6 Å². The van der Waals surface area contributed by atoms with Crippen LogP contribution in [0.15, 0.2) is 10.5 Å². The quantitative estimate of drug-likeness (QED) is 0.742. The maximum absolute atomic E-state index is 5.99. The van der Waals surface area contributed by atoms with Gasteiger partial charge in [-0.2, -0.15) is 0 Å². The lowest BCUT2D eigenvalue weighted by molar-refractivity contribution is 0.217. The molecule has 0 fully saturated rings. The molecule has 1 rings (SSSR count). The van der Waals surface area contributed by atoms with Crippen molar-refractivity contribution in [1.82, 2.24) is 10.2 Å². The summed E-state index contributed by atoms with van der Waals surface area (Å²) in [5.74, 6) is 2.83. The Hall–Kier alpha value is -0.800. The van der Waals surface area contributed by atoms with Gasteiger partial charge in [0.1, 0.15) is 11.5 Å². The third kappa shape index (κ3) is 5.68. The van der Waals surface area contributed by atoms with Gasteiger partial charge in [0.15, 0.2) is 0 Å². The Labute approximate surface area is 124 Å². The third-order valence-electron chi connectivity index (χ3n) is 3.77. The molecule has 0 aromatic carbocycles. The lowest BCUT2D eigenvalue weighted by Gasteiger charge is -2.23. The minimum Gasteiger partial charge on any atom is -0.463 e. The van der Waals surface area contributed by atoms with Crippen LogP contribution < -0.4 is 5.32 Å². The number of aryl methyl sites for hydroxylation is 1. The highest BCUT2D eigenvalue weighted by Crippen LogP contribution is 2.17. The van der Waals surface area contributed by atoms with Gasteiger partial charge in [-0.15, -0.1) is 0 Å². The van der Waals surface area contributed by atoms with Crippen LogP contribution in [0, 0.1) is 12.8 Å². The fourth-order valence-electron chi connectivity index (χ4n) is 2.36. The average Bonchev–Trinajstić information content (AvgIpc) is 2.69. The molecule has 3 heteroatoms. The molecule has 3 nitrogen and oxygen atoms in total. The fourth-order valence-corrected chi connectivity index (χ4v) is 2.36. The first-order valence-corrected chi connectivity index (χ1v) is 7.93. The summed E-state index contributed by atoms with van der Waals surface area (Å²) in [6, 6.07) is 2.79. The summed E-state index contributed by atoms with van der Waals surface area (Å²) in [5, 5.41) is 3.44. The number of rotatable bonds is 9. The number of furan rings is 1. The number of nitrogens with zero attached hydrogens (tertiary/aromatic N) is 1. The zero-order valence-electron chi connectivity index (χ0n) is 14.1. The normalized spacial score (nSPS) is 13.4. The van der Waals surface area contributed by atoms with Gasteiger partial charge in [-0.3, -0.25) is 4.90 Å². The summed E-state index contributed by atoms with van der Waals surface area (Å²) in [6.07, 6.45) is 2.46. The molecule has 0 radical (unpaired) electrons. The van der Waals surface area contributed by atoms with E-state index in [9.17, 15) is 0 Å². The first-order chi connectivity index (χ1) is 9.43. The number of hydrogen-bond donors (Lipinski definition) is 1. The summed E-state index contributed by atoms with van der Waals surface area (Å²) >= 11 is 0. The van der Waals surface area contributed by atoms with Crippen LogP contribution in [0.5, 0.6) is 0 Å². The van der Waals surface area contributed by atoms with Crippen molar-refractivity contribution < 1.29 is 4.42 Å². The van der Waals surface area contributed by atoms with E-state index in [4.69, 9.17) is 4.42 Å². The third-order valence-corrected chi connectivity index (χ3v) is 3.77. The van der Waals surface area contributed by atoms with E-state index in [1.54, 1.807) is 0 Å².